The summed E-state index contributed by atoms with van der Waals surface area (Å²) in [6.07, 6.45) is 0. The number of aromatic nitrogens is 4. The van der Waals surface area contributed by atoms with Crippen LogP contribution in [0.25, 0.3) is 0 Å². The van der Waals surface area contributed by atoms with E-state index in [4.69, 9.17) is 9.47 Å². The molecule has 0 aliphatic carbocycles. The number of ether oxygens (including phenoxy) is 2. The Balaban J connectivity index is 1.67. The van der Waals surface area contributed by atoms with Crippen LogP contribution in [0, 0.1) is 20.8 Å². The molecule has 1 aromatic carbocycles. The van der Waals surface area contributed by atoms with Crippen molar-refractivity contribution in [1.82, 2.24) is 24.5 Å². The van der Waals surface area contributed by atoms with Crippen LogP contribution in [0.1, 0.15) is 38.7 Å². The van der Waals surface area contributed by atoms with E-state index in [0.29, 0.717) is 37.6 Å². The Morgan fingerprint density at radius 3 is 2.37 bits per heavy atom. The first kappa shape index (κ1) is 20.0. The SMILES string of the molecule is Cc1nn(C)c(C)c1C(=O)N(Cc1ccc2c(c1)OCCO2)Cc1cc(C)n(C)n1. The van der Waals surface area contributed by atoms with Gasteiger partial charge in [-0.3, -0.25) is 14.2 Å². The van der Waals surface area contributed by atoms with Gasteiger partial charge in [0, 0.05) is 32.0 Å². The van der Waals surface area contributed by atoms with Crippen LogP contribution in [0.3, 0.4) is 0 Å². The summed E-state index contributed by atoms with van der Waals surface area (Å²) in [6, 6.07) is 7.83. The summed E-state index contributed by atoms with van der Waals surface area (Å²) in [4.78, 5) is 15.4. The predicted molar refractivity (Wildman–Crippen MR) is 112 cm³/mol. The van der Waals surface area contributed by atoms with Crippen LogP contribution in [0.15, 0.2) is 24.3 Å². The zero-order valence-corrected chi connectivity index (χ0v) is 18.1. The highest BCUT2D eigenvalue weighted by molar-refractivity contribution is 5.96. The first-order valence-corrected chi connectivity index (χ1v) is 10.0. The highest BCUT2D eigenvalue weighted by atomic mass is 16.6. The van der Waals surface area contributed by atoms with E-state index in [9.17, 15) is 4.79 Å². The standard InChI is InChI=1S/C22H27N5O3/c1-14-10-18(24-25(14)4)13-27(22(28)21-15(2)23-26(5)16(21)3)12-17-6-7-19-20(11-17)30-9-8-29-19/h6-7,10-11H,8-9,12-13H2,1-5H3. The molecule has 3 aromatic rings. The molecule has 1 amide bonds. The molecule has 0 spiro atoms. The zero-order valence-electron chi connectivity index (χ0n) is 18.1. The van der Waals surface area contributed by atoms with Crippen molar-refractivity contribution >= 4 is 5.91 Å². The van der Waals surface area contributed by atoms with Crippen molar-refractivity contribution < 1.29 is 14.3 Å². The van der Waals surface area contributed by atoms with Gasteiger partial charge in [-0.15, -0.1) is 0 Å². The molecule has 0 N–H and O–H groups in total. The molecule has 30 heavy (non-hydrogen) atoms. The van der Waals surface area contributed by atoms with Crippen molar-refractivity contribution in [2.75, 3.05) is 13.2 Å². The Morgan fingerprint density at radius 1 is 1.00 bits per heavy atom. The fourth-order valence-electron chi connectivity index (χ4n) is 3.76. The quantitative estimate of drug-likeness (QED) is 0.648. The molecule has 0 fully saturated rings. The van der Waals surface area contributed by atoms with E-state index < -0.39 is 0 Å². The number of benzene rings is 1. The van der Waals surface area contributed by atoms with Crippen LogP contribution in [-0.4, -0.2) is 43.6 Å². The van der Waals surface area contributed by atoms with Gasteiger partial charge in [0.25, 0.3) is 5.91 Å². The Morgan fingerprint density at radius 2 is 1.73 bits per heavy atom. The molecular formula is C22H27N5O3. The third-order valence-corrected chi connectivity index (χ3v) is 5.51. The van der Waals surface area contributed by atoms with Crippen molar-refractivity contribution in [2.45, 2.75) is 33.9 Å². The van der Waals surface area contributed by atoms with E-state index in [-0.39, 0.29) is 5.91 Å². The van der Waals surface area contributed by atoms with E-state index in [1.165, 1.54) is 0 Å². The van der Waals surface area contributed by atoms with Gasteiger partial charge in [0.15, 0.2) is 11.5 Å². The maximum absolute atomic E-state index is 13.6. The smallest absolute Gasteiger partial charge is 0.258 e. The normalized spacial score (nSPS) is 12.8. The summed E-state index contributed by atoms with van der Waals surface area (Å²) < 4.78 is 14.9. The Hall–Kier alpha value is -3.29. The van der Waals surface area contributed by atoms with Gasteiger partial charge < -0.3 is 14.4 Å². The summed E-state index contributed by atoms with van der Waals surface area (Å²) in [6.45, 7) is 7.70. The van der Waals surface area contributed by atoms with Gasteiger partial charge in [-0.25, -0.2) is 0 Å². The minimum atomic E-state index is -0.0590. The molecule has 0 bridgehead atoms. The van der Waals surface area contributed by atoms with Crippen LogP contribution in [0.2, 0.25) is 0 Å². The highest BCUT2D eigenvalue weighted by Gasteiger charge is 2.25. The van der Waals surface area contributed by atoms with E-state index in [1.54, 1.807) is 4.68 Å². The number of rotatable bonds is 5. The zero-order chi connectivity index (χ0) is 21.4. The fourth-order valence-corrected chi connectivity index (χ4v) is 3.76. The van der Waals surface area contributed by atoms with Gasteiger partial charge in [0.2, 0.25) is 0 Å². The molecule has 158 valence electrons. The predicted octanol–water partition coefficient (Wildman–Crippen LogP) is 2.69. The molecule has 0 atom stereocenters. The number of hydrogen-bond acceptors (Lipinski definition) is 5. The van der Waals surface area contributed by atoms with E-state index in [2.05, 4.69) is 10.2 Å². The van der Waals surface area contributed by atoms with Crippen molar-refractivity contribution in [2.24, 2.45) is 14.1 Å². The maximum Gasteiger partial charge on any atom is 0.258 e. The molecule has 3 heterocycles. The summed E-state index contributed by atoms with van der Waals surface area (Å²) in [5.41, 5.74) is 5.08. The second kappa shape index (κ2) is 7.85. The Kier molecular flexibility index (Phi) is 5.24. The monoisotopic (exact) mass is 409 g/mol. The molecule has 0 radical (unpaired) electrons. The van der Waals surface area contributed by atoms with Gasteiger partial charge in [-0.2, -0.15) is 10.2 Å². The molecule has 8 nitrogen and oxygen atoms in total. The molecular weight excluding hydrogens is 382 g/mol. The number of nitrogens with zero attached hydrogens (tertiary/aromatic N) is 5. The third kappa shape index (κ3) is 3.77. The summed E-state index contributed by atoms with van der Waals surface area (Å²) in [5, 5.41) is 8.96. The van der Waals surface area contributed by atoms with Crippen molar-refractivity contribution in [3.8, 4) is 11.5 Å². The Bertz CT molecular complexity index is 1080. The number of aryl methyl sites for hydroxylation is 4. The van der Waals surface area contributed by atoms with Gasteiger partial charge in [-0.05, 0) is 44.5 Å². The molecule has 0 unspecified atom stereocenters. The maximum atomic E-state index is 13.6. The molecule has 2 aromatic heterocycles. The van der Waals surface area contributed by atoms with Gasteiger partial charge in [-0.1, -0.05) is 6.07 Å². The summed E-state index contributed by atoms with van der Waals surface area (Å²) in [5.74, 6) is 1.40. The van der Waals surface area contributed by atoms with E-state index >= 15 is 0 Å². The van der Waals surface area contributed by atoms with Crippen LogP contribution in [-0.2, 0) is 27.2 Å². The average molecular weight is 409 g/mol. The van der Waals surface area contributed by atoms with E-state index in [1.807, 2.05) is 68.7 Å². The topological polar surface area (TPSA) is 74.4 Å². The molecule has 8 heteroatoms. The summed E-state index contributed by atoms with van der Waals surface area (Å²) >= 11 is 0. The first-order chi connectivity index (χ1) is 14.3. The molecule has 0 saturated heterocycles. The highest BCUT2D eigenvalue weighted by Crippen LogP contribution is 2.31. The number of carbonyl (C=O) groups is 1. The lowest BCUT2D eigenvalue weighted by Crippen LogP contribution is -2.31. The van der Waals surface area contributed by atoms with Crippen LogP contribution in [0.4, 0.5) is 0 Å². The van der Waals surface area contributed by atoms with Crippen molar-refractivity contribution in [3.63, 3.8) is 0 Å². The van der Waals surface area contributed by atoms with Crippen LogP contribution >= 0.6 is 0 Å². The molecule has 1 aliphatic heterocycles. The Labute approximate surface area is 176 Å². The minimum Gasteiger partial charge on any atom is -0.486 e. The van der Waals surface area contributed by atoms with Gasteiger partial charge in [0.1, 0.15) is 13.2 Å². The lowest BCUT2D eigenvalue weighted by atomic mass is 10.1. The fraction of sp³-hybridized carbons (Fsp3) is 0.409. The average Bonchev–Trinajstić information content (AvgIpc) is 3.17. The second-order valence-electron chi connectivity index (χ2n) is 7.71. The third-order valence-electron chi connectivity index (χ3n) is 5.51. The lowest BCUT2D eigenvalue weighted by molar-refractivity contribution is 0.0725. The second-order valence-corrected chi connectivity index (χ2v) is 7.71. The molecule has 1 aliphatic rings. The van der Waals surface area contributed by atoms with E-state index in [0.717, 1.165) is 34.1 Å². The lowest BCUT2D eigenvalue weighted by Gasteiger charge is -2.24. The molecule has 4 rings (SSSR count). The molecule has 0 saturated carbocycles. The minimum absolute atomic E-state index is 0.0590. The number of amides is 1. The van der Waals surface area contributed by atoms with Crippen LogP contribution < -0.4 is 9.47 Å². The van der Waals surface area contributed by atoms with Gasteiger partial charge in [0.05, 0.1) is 23.5 Å². The van der Waals surface area contributed by atoms with Crippen LogP contribution in [0.5, 0.6) is 11.5 Å². The number of carbonyl (C=O) groups excluding carboxylic acids is 1. The van der Waals surface area contributed by atoms with Crippen molar-refractivity contribution in [1.29, 1.82) is 0 Å². The summed E-state index contributed by atoms with van der Waals surface area (Å²) in [7, 11) is 3.76. The van der Waals surface area contributed by atoms with Crippen molar-refractivity contribution in [3.05, 3.63) is 58.2 Å². The largest absolute Gasteiger partial charge is 0.486 e. The number of hydrogen-bond donors (Lipinski definition) is 0. The number of fused-ring (bicyclic) bond motifs is 1. The first-order valence-electron chi connectivity index (χ1n) is 10.0. The van der Waals surface area contributed by atoms with Gasteiger partial charge >= 0.3 is 0 Å².